The Labute approximate surface area is 197 Å². The Balaban J connectivity index is 1.46. The van der Waals surface area contributed by atoms with Crippen LogP contribution in [-0.4, -0.2) is 38.7 Å². The zero-order valence-electron chi connectivity index (χ0n) is 18.9. The monoisotopic (exact) mass is 456 g/mol. The summed E-state index contributed by atoms with van der Waals surface area (Å²) in [5.41, 5.74) is 3.23. The summed E-state index contributed by atoms with van der Waals surface area (Å²) in [5, 5.41) is 5.89. The van der Waals surface area contributed by atoms with Crippen molar-refractivity contribution < 1.29 is 13.9 Å². The minimum Gasteiger partial charge on any atom is -0.454 e. The second-order valence-corrected chi connectivity index (χ2v) is 8.48. The molecule has 3 heterocycles. The van der Waals surface area contributed by atoms with E-state index in [1.54, 1.807) is 31.3 Å². The standard InChI is InChI=1S/C27H25FN4O2/c1-3-25(33)31-15-5-7-20(17-31)32-23-13-14-29-16-22(23)27(30-32)19-9-11-21(12-10-19)34-24-8-4-6-18(2)26(24)28/h3-4,6,8-14,16,20H,1,5,7,15,17H2,2H3/t20-/m1/s1. The molecule has 0 spiro atoms. The summed E-state index contributed by atoms with van der Waals surface area (Å²) in [6.07, 6.45) is 6.79. The molecule has 2 aromatic carbocycles. The maximum Gasteiger partial charge on any atom is 0.246 e. The van der Waals surface area contributed by atoms with E-state index in [4.69, 9.17) is 9.84 Å². The number of nitrogens with zero attached hydrogens (tertiary/aromatic N) is 4. The lowest BCUT2D eigenvalue weighted by atomic mass is 10.1. The number of hydrogen-bond donors (Lipinski definition) is 0. The van der Waals surface area contributed by atoms with Crippen molar-refractivity contribution in [3.05, 3.63) is 85.0 Å². The summed E-state index contributed by atoms with van der Waals surface area (Å²) in [6, 6.07) is 14.6. The van der Waals surface area contributed by atoms with Gasteiger partial charge in [-0.05, 0) is 67.8 Å². The van der Waals surface area contributed by atoms with Crippen LogP contribution in [0.2, 0.25) is 0 Å². The maximum absolute atomic E-state index is 14.3. The lowest BCUT2D eigenvalue weighted by Gasteiger charge is -2.32. The number of hydrogen-bond acceptors (Lipinski definition) is 4. The summed E-state index contributed by atoms with van der Waals surface area (Å²) < 4.78 is 22.1. The number of aromatic nitrogens is 3. The van der Waals surface area contributed by atoms with Gasteiger partial charge in [0.25, 0.3) is 0 Å². The highest BCUT2D eigenvalue weighted by molar-refractivity contribution is 5.93. The molecule has 2 aromatic heterocycles. The van der Waals surface area contributed by atoms with Crippen LogP contribution < -0.4 is 4.74 Å². The van der Waals surface area contributed by atoms with Crippen molar-refractivity contribution in [3.8, 4) is 22.8 Å². The quantitative estimate of drug-likeness (QED) is 0.362. The maximum atomic E-state index is 14.3. The van der Waals surface area contributed by atoms with Crippen molar-refractivity contribution in [3.63, 3.8) is 0 Å². The van der Waals surface area contributed by atoms with E-state index in [1.807, 2.05) is 46.1 Å². The van der Waals surface area contributed by atoms with Crippen LogP contribution in [0, 0.1) is 12.7 Å². The number of carbonyl (C=O) groups is 1. The number of carbonyl (C=O) groups excluding carboxylic acids is 1. The molecule has 1 atom stereocenters. The minimum atomic E-state index is -0.362. The molecule has 4 aromatic rings. The molecule has 0 unspecified atom stereocenters. The number of aryl methyl sites for hydroxylation is 1. The van der Waals surface area contributed by atoms with Crippen LogP contribution in [0.25, 0.3) is 22.2 Å². The molecule has 1 fully saturated rings. The highest BCUT2D eigenvalue weighted by Crippen LogP contribution is 2.34. The molecule has 7 heteroatoms. The first-order valence-electron chi connectivity index (χ1n) is 11.3. The molecule has 1 aliphatic heterocycles. The fourth-order valence-electron chi connectivity index (χ4n) is 4.47. The Hall–Kier alpha value is -4.00. The SMILES string of the molecule is C=CC(=O)N1CCC[C@@H](n2nc(-c3ccc(Oc4cccc(C)c4F)cc3)c3cnccc32)C1. The van der Waals surface area contributed by atoms with Crippen molar-refractivity contribution in [2.45, 2.75) is 25.8 Å². The Morgan fingerprint density at radius 3 is 2.82 bits per heavy atom. The van der Waals surface area contributed by atoms with Gasteiger partial charge >= 0.3 is 0 Å². The molecule has 0 saturated carbocycles. The molecule has 172 valence electrons. The first-order chi connectivity index (χ1) is 16.5. The highest BCUT2D eigenvalue weighted by Gasteiger charge is 2.26. The third kappa shape index (κ3) is 4.05. The zero-order chi connectivity index (χ0) is 23.7. The van der Waals surface area contributed by atoms with Crippen LogP contribution in [0.4, 0.5) is 4.39 Å². The van der Waals surface area contributed by atoms with Gasteiger partial charge < -0.3 is 9.64 Å². The summed E-state index contributed by atoms with van der Waals surface area (Å²) in [5.74, 6) is 0.325. The van der Waals surface area contributed by atoms with Crippen LogP contribution in [0.3, 0.4) is 0 Å². The van der Waals surface area contributed by atoms with Crippen LogP contribution >= 0.6 is 0 Å². The second-order valence-electron chi connectivity index (χ2n) is 8.48. The number of pyridine rings is 1. The number of fused-ring (bicyclic) bond motifs is 1. The van der Waals surface area contributed by atoms with Gasteiger partial charge in [0.1, 0.15) is 11.4 Å². The fourth-order valence-corrected chi connectivity index (χ4v) is 4.47. The molecule has 0 N–H and O–H groups in total. The Kier molecular flexibility index (Phi) is 5.84. The van der Waals surface area contributed by atoms with Gasteiger partial charge in [-0.1, -0.05) is 18.7 Å². The molecule has 1 aliphatic rings. The van der Waals surface area contributed by atoms with Crippen LogP contribution in [0.5, 0.6) is 11.5 Å². The number of amides is 1. The minimum absolute atomic E-state index is 0.0521. The lowest BCUT2D eigenvalue weighted by molar-refractivity contribution is -0.127. The van der Waals surface area contributed by atoms with Crippen molar-refractivity contribution >= 4 is 16.8 Å². The van der Waals surface area contributed by atoms with Crippen LogP contribution in [-0.2, 0) is 4.79 Å². The molecule has 5 rings (SSSR count). The Morgan fingerprint density at radius 1 is 1.21 bits per heavy atom. The van der Waals surface area contributed by atoms with Crippen molar-refractivity contribution in [2.75, 3.05) is 13.1 Å². The molecule has 0 radical (unpaired) electrons. The van der Waals surface area contributed by atoms with Gasteiger partial charge in [0.2, 0.25) is 5.91 Å². The molecule has 34 heavy (non-hydrogen) atoms. The average Bonchev–Trinajstić information content (AvgIpc) is 3.27. The van der Waals surface area contributed by atoms with Gasteiger partial charge in [-0.2, -0.15) is 5.10 Å². The van der Waals surface area contributed by atoms with Crippen molar-refractivity contribution in [1.82, 2.24) is 19.7 Å². The third-order valence-electron chi connectivity index (χ3n) is 6.25. The summed E-state index contributed by atoms with van der Waals surface area (Å²) in [6.45, 7) is 6.65. The number of benzene rings is 2. The molecule has 0 aliphatic carbocycles. The van der Waals surface area contributed by atoms with Crippen LogP contribution in [0.1, 0.15) is 24.4 Å². The fraction of sp³-hybridized carbons (Fsp3) is 0.222. The third-order valence-corrected chi connectivity index (χ3v) is 6.25. The van der Waals surface area contributed by atoms with Crippen molar-refractivity contribution in [2.24, 2.45) is 0 Å². The van der Waals surface area contributed by atoms with Gasteiger partial charge in [0.15, 0.2) is 11.6 Å². The second kappa shape index (κ2) is 9.09. The highest BCUT2D eigenvalue weighted by atomic mass is 19.1. The molecule has 1 saturated heterocycles. The number of likely N-dealkylation sites (tertiary alicyclic amines) is 1. The molecular weight excluding hydrogens is 431 g/mol. The number of ether oxygens (including phenoxy) is 1. The van der Waals surface area contributed by atoms with E-state index in [1.165, 1.54) is 6.08 Å². The summed E-state index contributed by atoms with van der Waals surface area (Å²) in [4.78, 5) is 18.3. The Morgan fingerprint density at radius 2 is 2.03 bits per heavy atom. The summed E-state index contributed by atoms with van der Waals surface area (Å²) >= 11 is 0. The molecular formula is C27H25FN4O2. The van der Waals surface area contributed by atoms with E-state index in [-0.39, 0.29) is 23.5 Å². The summed E-state index contributed by atoms with van der Waals surface area (Å²) in [7, 11) is 0. The van der Waals surface area contributed by atoms with Gasteiger partial charge in [-0.25, -0.2) is 4.39 Å². The normalized spacial score (nSPS) is 15.9. The first kappa shape index (κ1) is 21.8. The number of rotatable bonds is 5. The van der Waals surface area contributed by atoms with E-state index < -0.39 is 0 Å². The van der Waals surface area contributed by atoms with Crippen molar-refractivity contribution in [1.29, 1.82) is 0 Å². The Bertz CT molecular complexity index is 1360. The van der Waals surface area contributed by atoms with E-state index in [2.05, 4.69) is 11.6 Å². The topological polar surface area (TPSA) is 60.2 Å². The van der Waals surface area contributed by atoms with Gasteiger partial charge in [-0.3, -0.25) is 14.5 Å². The lowest BCUT2D eigenvalue weighted by Crippen LogP contribution is -2.40. The molecule has 1 amide bonds. The smallest absolute Gasteiger partial charge is 0.246 e. The number of piperidine rings is 1. The molecule has 0 bridgehead atoms. The predicted molar refractivity (Wildman–Crippen MR) is 129 cm³/mol. The molecule has 6 nitrogen and oxygen atoms in total. The predicted octanol–water partition coefficient (Wildman–Crippen LogP) is 5.69. The van der Waals surface area contributed by atoms with Crippen LogP contribution in [0.15, 0.2) is 73.6 Å². The van der Waals surface area contributed by atoms with E-state index in [9.17, 15) is 9.18 Å². The zero-order valence-corrected chi connectivity index (χ0v) is 18.9. The van der Waals surface area contributed by atoms with Gasteiger partial charge in [-0.15, -0.1) is 0 Å². The van der Waals surface area contributed by atoms with Gasteiger partial charge in [0, 0.05) is 36.4 Å². The van der Waals surface area contributed by atoms with E-state index in [0.29, 0.717) is 17.9 Å². The van der Waals surface area contributed by atoms with E-state index >= 15 is 0 Å². The van der Waals surface area contributed by atoms with Gasteiger partial charge in [0.05, 0.1) is 11.6 Å². The largest absolute Gasteiger partial charge is 0.454 e. The first-order valence-corrected chi connectivity index (χ1v) is 11.3. The average molecular weight is 457 g/mol. The number of halogens is 1. The van der Waals surface area contributed by atoms with E-state index in [0.717, 1.165) is 41.5 Å².